The number of nitrogens with zero attached hydrogens (tertiary/aromatic N) is 1. The number of rotatable bonds is 4. The highest BCUT2D eigenvalue weighted by atomic mass is 32.1. The largest absolute Gasteiger partial charge is 0.465 e. The van der Waals surface area contributed by atoms with E-state index in [4.69, 9.17) is 9.72 Å². The van der Waals surface area contributed by atoms with Crippen LogP contribution in [-0.4, -0.2) is 18.1 Å². The number of esters is 1. The van der Waals surface area contributed by atoms with Gasteiger partial charge in [0.05, 0.1) is 18.4 Å². The number of anilines is 2. The molecule has 0 spiro atoms. The summed E-state index contributed by atoms with van der Waals surface area (Å²) in [5.41, 5.74) is 4.01. The Morgan fingerprint density at radius 2 is 1.92 bits per heavy atom. The van der Waals surface area contributed by atoms with Gasteiger partial charge in [0.1, 0.15) is 0 Å². The minimum Gasteiger partial charge on any atom is -0.465 e. The lowest BCUT2D eigenvalue weighted by molar-refractivity contribution is 0.0601. The Bertz CT molecular complexity index is 904. The first-order chi connectivity index (χ1) is 12.7. The molecule has 1 aliphatic rings. The zero-order chi connectivity index (χ0) is 17.9. The quantitative estimate of drug-likeness (QED) is 0.651. The number of fused-ring (bicyclic) bond motifs is 1. The summed E-state index contributed by atoms with van der Waals surface area (Å²) in [6, 6.07) is 17.9. The molecule has 1 unspecified atom stereocenters. The van der Waals surface area contributed by atoms with Gasteiger partial charge >= 0.3 is 5.97 Å². The smallest absolute Gasteiger partial charge is 0.337 e. The van der Waals surface area contributed by atoms with E-state index >= 15 is 0 Å². The van der Waals surface area contributed by atoms with Crippen LogP contribution in [0.5, 0.6) is 0 Å². The summed E-state index contributed by atoms with van der Waals surface area (Å²) in [6.07, 6.45) is 3.44. The van der Waals surface area contributed by atoms with Crippen molar-refractivity contribution in [1.29, 1.82) is 0 Å². The molecule has 0 amide bonds. The van der Waals surface area contributed by atoms with Crippen LogP contribution in [0.2, 0.25) is 0 Å². The number of thiazole rings is 1. The maximum Gasteiger partial charge on any atom is 0.337 e. The lowest BCUT2D eigenvalue weighted by Gasteiger charge is -2.21. The number of aryl methyl sites for hydroxylation is 1. The third kappa shape index (κ3) is 3.35. The molecule has 132 valence electrons. The Kier molecular flexibility index (Phi) is 4.71. The number of methoxy groups -OCH3 is 1. The summed E-state index contributed by atoms with van der Waals surface area (Å²) in [6.45, 7) is 0. The molecule has 0 fully saturated rings. The fourth-order valence-corrected chi connectivity index (χ4v) is 4.50. The van der Waals surface area contributed by atoms with Gasteiger partial charge in [0, 0.05) is 16.5 Å². The third-order valence-electron chi connectivity index (χ3n) is 4.71. The highest BCUT2D eigenvalue weighted by Gasteiger charge is 2.26. The molecule has 0 saturated heterocycles. The van der Waals surface area contributed by atoms with Gasteiger partial charge in [0.2, 0.25) is 0 Å². The van der Waals surface area contributed by atoms with Crippen molar-refractivity contribution >= 4 is 28.1 Å². The topological polar surface area (TPSA) is 51.2 Å². The first kappa shape index (κ1) is 16.8. The Labute approximate surface area is 156 Å². The molecule has 0 bridgehead atoms. The van der Waals surface area contributed by atoms with Crippen LogP contribution in [0.1, 0.15) is 45.3 Å². The molecule has 4 rings (SSSR count). The van der Waals surface area contributed by atoms with E-state index in [1.54, 1.807) is 23.5 Å². The second-order valence-electron chi connectivity index (χ2n) is 6.38. The minimum absolute atomic E-state index is 0.327. The van der Waals surface area contributed by atoms with Gasteiger partial charge in [0.25, 0.3) is 0 Å². The Hall–Kier alpha value is -2.66. The summed E-state index contributed by atoms with van der Waals surface area (Å²) >= 11 is 1.73. The van der Waals surface area contributed by atoms with Crippen molar-refractivity contribution in [2.45, 2.75) is 25.2 Å². The maximum absolute atomic E-state index is 11.5. The van der Waals surface area contributed by atoms with Crippen LogP contribution >= 0.6 is 11.3 Å². The number of carbonyl (C=O) groups excluding carboxylic acids is 1. The Morgan fingerprint density at radius 3 is 2.65 bits per heavy atom. The molecule has 26 heavy (non-hydrogen) atoms. The van der Waals surface area contributed by atoms with E-state index in [1.165, 1.54) is 29.7 Å². The van der Waals surface area contributed by atoms with E-state index in [0.717, 1.165) is 23.7 Å². The predicted octanol–water partition coefficient (Wildman–Crippen LogP) is 5.14. The molecule has 2 aromatic carbocycles. The molecule has 0 aliphatic heterocycles. The second kappa shape index (κ2) is 7.30. The first-order valence-electron chi connectivity index (χ1n) is 8.74. The number of hydrogen-bond acceptors (Lipinski definition) is 5. The molecule has 0 radical (unpaired) electrons. The summed E-state index contributed by atoms with van der Waals surface area (Å²) in [5.74, 6) is 0.0559. The number of hydrogen-bond donors (Lipinski definition) is 1. The fourth-order valence-electron chi connectivity index (χ4n) is 3.41. The highest BCUT2D eigenvalue weighted by molar-refractivity contribution is 7.15. The fraction of sp³-hybridized carbons (Fsp3) is 0.238. The average molecular weight is 364 g/mol. The summed E-state index contributed by atoms with van der Waals surface area (Å²) < 4.78 is 4.73. The van der Waals surface area contributed by atoms with E-state index in [2.05, 4.69) is 35.6 Å². The van der Waals surface area contributed by atoms with Gasteiger partial charge < -0.3 is 10.1 Å². The first-order valence-corrected chi connectivity index (χ1v) is 9.56. The van der Waals surface area contributed by atoms with Crippen molar-refractivity contribution in [2.24, 2.45) is 0 Å². The number of aromatic nitrogens is 1. The SMILES string of the molecule is COC(=O)c1ccc(Nc2nc3c(s2)CCCC3c2ccccc2)cc1. The van der Waals surface area contributed by atoms with Gasteiger partial charge in [-0.15, -0.1) is 11.3 Å². The van der Waals surface area contributed by atoms with Crippen LogP contribution < -0.4 is 5.32 Å². The van der Waals surface area contributed by atoms with Crippen LogP contribution in [0, 0.1) is 0 Å². The zero-order valence-electron chi connectivity index (χ0n) is 14.6. The van der Waals surface area contributed by atoms with Crippen molar-refractivity contribution in [2.75, 3.05) is 12.4 Å². The lowest BCUT2D eigenvalue weighted by atomic mass is 9.85. The van der Waals surface area contributed by atoms with E-state index in [1.807, 2.05) is 12.1 Å². The van der Waals surface area contributed by atoms with Crippen LogP contribution in [-0.2, 0) is 11.2 Å². The van der Waals surface area contributed by atoms with Crippen LogP contribution in [0.4, 0.5) is 10.8 Å². The second-order valence-corrected chi connectivity index (χ2v) is 7.46. The number of benzene rings is 2. The molecule has 1 atom stereocenters. The molecule has 0 saturated carbocycles. The van der Waals surface area contributed by atoms with Crippen molar-refractivity contribution < 1.29 is 9.53 Å². The van der Waals surface area contributed by atoms with E-state index in [-0.39, 0.29) is 5.97 Å². The standard InChI is InChI=1S/C21H20N2O2S/c1-25-20(24)15-10-12-16(13-11-15)22-21-23-19-17(8-5-9-18(19)26-21)14-6-3-2-4-7-14/h2-4,6-7,10-13,17H,5,8-9H2,1H3,(H,22,23). The van der Waals surface area contributed by atoms with E-state index in [9.17, 15) is 4.79 Å². The average Bonchev–Trinajstić information content (AvgIpc) is 3.11. The molecule has 5 heteroatoms. The van der Waals surface area contributed by atoms with Crippen molar-refractivity contribution in [3.05, 3.63) is 76.3 Å². The third-order valence-corrected chi connectivity index (χ3v) is 5.76. The molecule has 3 aromatic rings. The van der Waals surface area contributed by atoms with Crippen LogP contribution in [0.3, 0.4) is 0 Å². The highest BCUT2D eigenvalue weighted by Crippen LogP contribution is 2.40. The number of carbonyl (C=O) groups is 1. The Balaban J connectivity index is 1.56. The van der Waals surface area contributed by atoms with Crippen molar-refractivity contribution in [3.63, 3.8) is 0 Å². The molecular weight excluding hydrogens is 344 g/mol. The summed E-state index contributed by atoms with van der Waals surface area (Å²) in [7, 11) is 1.39. The monoisotopic (exact) mass is 364 g/mol. The molecule has 4 nitrogen and oxygen atoms in total. The maximum atomic E-state index is 11.5. The van der Waals surface area contributed by atoms with Gasteiger partial charge in [0.15, 0.2) is 5.13 Å². The lowest BCUT2D eigenvalue weighted by Crippen LogP contribution is -2.09. The molecular formula is C21H20N2O2S. The Morgan fingerprint density at radius 1 is 1.15 bits per heavy atom. The van der Waals surface area contributed by atoms with Gasteiger partial charge in [-0.3, -0.25) is 0 Å². The summed E-state index contributed by atoms with van der Waals surface area (Å²) in [4.78, 5) is 17.8. The van der Waals surface area contributed by atoms with Crippen molar-refractivity contribution in [1.82, 2.24) is 4.98 Å². The zero-order valence-corrected chi connectivity index (χ0v) is 15.4. The van der Waals surface area contributed by atoms with Crippen molar-refractivity contribution in [3.8, 4) is 0 Å². The molecule has 1 aromatic heterocycles. The van der Waals surface area contributed by atoms with E-state index in [0.29, 0.717) is 11.5 Å². The number of ether oxygens (including phenoxy) is 1. The molecule has 1 heterocycles. The minimum atomic E-state index is -0.327. The van der Waals surface area contributed by atoms with Gasteiger partial charge in [-0.05, 0) is 49.1 Å². The van der Waals surface area contributed by atoms with E-state index < -0.39 is 0 Å². The van der Waals surface area contributed by atoms with Crippen LogP contribution in [0.25, 0.3) is 0 Å². The summed E-state index contributed by atoms with van der Waals surface area (Å²) in [5, 5.41) is 4.28. The molecule has 1 aliphatic carbocycles. The normalized spacial score (nSPS) is 16.0. The van der Waals surface area contributed by atoms with Gasteiger partial charge in [-0.2, -0.15) is 0 Å². The number of nitrogens with one attached hydrogen (secondary N) is 1. The van der Waals surface area contributed by atoms with Gasteiger partial charge in [-0.1, -0.05) is 30.3 Å². The van der Waals surface area contributed by atoms with Crippen LogP contribution in [0.15, 0.2) is 54.6 Å². The molecule has 1 N–H and O–H groups in total. The van der Waals surface area contributed by atoms with Gasteiger partial charge in [-0.25, -0.2) is 9.78 Å². The predicted molar refractivity (Wildman–Crippen MR) is 104 cm³/mol.